The van der Waals surface area contributed by atoms with Crippen LogP contribution in [0.15, 0.2) is 53.4 Å². The van der Waals surface area contributed by atoms with Gasteiger partial charge in [0.2, 0.25) is 5.89 Å². The molecule has 122 valence electrons. The molecule has 1 aliphatic heterocycles. The summed E-state index contributed by atoms with van der Waals surface area (Å²) in [6, 6.07) is 9.35. The largest absolute Gasteiger partial charge is 0.444 e. The van der Waals surface area contributed by atoms with E-state index < -0.39 is 0 Å². The van der Waals surface area contributed by atoms with Crippen molar-refractivity contribution in [1.82, 2.24) is 19.7 Å². The second-order valence-electron chi connectivity index (χ2n) is 5.70. The zero-order valence-corrected chi connectivity index (χ0v) is 13.6. The summed E-state index contributed by atoms with van der Waals surface area (Å²) in [5, 5.41) is 4.79. The monoisotopic (exact) mass is 342 g/mol. The van der Waals surface area contributed by atoms with Crippen LogP contribution in [-0.2, 0) is 0 Å². The molecule has 1 aromatic carbocycles. The zero-order valence-electron chi connectivity index (χ0n) is 12.8. The van der Waals surface area contributed by atoms with Gasteiger partial charge in [-0.2, -0.15) is 5.10 Å². The van der Waals surface area contributed by atoms with E-state index >= 15 is 0 Å². The Hall–Kier alpha value is -2.60. The van der Waals surface area contributed by atoms with Crippen molar-refractivity contribution in [3.05, 3.63) is 59.7 Å². The van der Waals surface area contributed by atoms with Crippen molar-refractivity contribution in [1.29, 1.82) is 0 Å². The Morgan fingerprint density at radius 2 is 2.17 bits per heavy atom. The summed E-state index contributed by atoms with van der Waals surface area (Å²) >= 11 is 6.15. The third kappa shape index (κ3) is 2.69. The molecule has 3 heterocycles. The molecule has 4 rings (SSSR count). The van der Waals surface area contributed by atoms with Crippen LogP contribution in [0.4, 0.5) is 0 Å². The topological polar surface area (TPSA) is 64.2 Å². The van der Waals surface area contributed by atoms with Crippen molar-refractivity contribution in [3.8, 4) is 11.5 Å². The highest BCUT2D eigenvalue weighted by molar-refractivity contribution is 6.33. The van der Waals surface area contributed by atoms with Crippen LogP contribution in [0.25, 0.3) is 11.5 Å². The van der Waals surface area contributed by atoms with Gasteiger partial charge in [-0.25, -0.2) is 4.98 Å². The average molecular weight is 343 g/mol. The van der Waals surface area contributed by atoms with E-state index in [4.69, 9.17) is 16.0 Å². The first-order valence-electron chi connectivity index (χ1n) is 7.71. The summed E-state index contributed by atoms with van der Waals surface area (Å²) in [6.45, 7) is 1.30. The predicted octanol–water partition coefficient (Wildman–Crippen LogP) is 3.28. The number of aromatic nitrogens is 3. The second kappa shape index (κ2) is 6.13. The van der Waals surface area contributed by atoms with Crippen molar-refractivity contribution in [2.75, 3.05) is 13.1 Å². The number of amides is 1. The standard InChI is InChI=1S/C17H15ClN4O2/c18-14-5-2-1-4-13(14)16-20-15(11-24-16)17(23)21-9-6-12(10-21)22-8-3-7-19-22/h1-5,7-8,11-12H,6,9-10H2. The summed E-state index contributed by atoms with van der Waals surface area (Å²) in [5.74, 6) is 0.221. The molecule has 1 amide bonds. The predicted molar refractivity (Wildman–Crippen MR) is 88.7 cm³/mol. The van der Waals surface area contributed by atoms with Crippen LogP contribution in [0.1, 0.15) is 23.0 Å². The molecule has 0 N–H and O–H groups in total. The van der Waals surface area contributed by atoms with Crippen molar-refractivity contribution >= 4 is 17.5 Å². The summed E-state index contributed by atoms with van der Waals surface area (Å²) < 4.78 is 7.34. The van der Waals surface area contributed by atoms with Gasteiger partial charge in [0, 0.05) is 25.5 Å². The van der Waals surface area contributed by atoms with E-state index in [1.165, 1.54) is 6.26 Å². The Bertz CT molecular complexity index is 859. The van der Waals surface area contributed by atoms with Gasteiger partial charge >= 0.3 is 0 Å². The van der Waals surface area contributed by atoms with Crippen molar-refractivity contribution in [3.63, 3.8) is 0 Å². The summed E-state index contributed by atoms with van der Waals surface area (Å²) in [6.07, 6.45) is 5.94. The van der Waals surface area contributed by atoms with E-state index in [-0.39, 0.29) is 11.9 Å². The summed E-state index contributed by atoms with van der Waals surface area (Å²) in [7, 11) is 0. The molecule has 1 aliphatic rings. The van der Waals surface area contributed by atoms with E-state index in [9.17, 15) is 4.79 Å². The zero-order chi connectivity index (χ0) is 16.5. The molecular formula is C17H15ClN4O2. The third-order valence-electron chi connectivity index (χ3n) is 4.18. The lowest BCUT2D eigenvalue weighted by molar-refractivity contribution is 0.0781. The minimum atomic E-state index is -0.133. The van der Waals surface area contributed by atoms with Crippen LogP contribution in [0.5, 0.6) is 0 Å². The van der Waals surface area contributed by atoms with E-state index in [1.807, 2.05) is 35.1 Å². The summed E-state index contributed by atoms with van der Waals surface area (Å²) in [4.78, 5) is 18.7. The SMILES string of the molecule is O=C(c1coc(-c2ccccc2Cl)n1)N1CCC(n2cccn2)C1. The molecule has 3 aromatic rings. The molecule has 0 saturated carbocycles. The Morgan fingerprint density at radius 1 is 1.29 bits per heavy atom. The van der Waals surface area contributed by atoms with Gasteiger partial charge in [0.1, 0.15) is 6.26 Å². The third-order valence-corrected chi connectivity index (χ3v) is 4.51. The van der Waals surface area contributed by atoms with Crippen LogP contribution in [0.3, 0.4) is 0 Å². The number of carbonyl (C=O) groups excluding carboxylic acids is 1. The maximum absolute atomic E-state index is 12.6. The molecular weight excluding hydrogens is 328 g/mol. The number of hydrogen-bond acceptors (Lipinski definition) is 4. The lowest BCUT2D eigenvalue weighted by Crippen LogP contribution is -2.29. The van der Waals surface area contributed by atoms with Gasteiger partial charge in [-0.1, -0.05) is 23.7 Å². The van der Waals surface area contributed by atoms with Crippen molar-refractivity contribution in [2.45, 2.75) is 12.5 Å². The molecule has 7 heteroatoms. The lowest BCUT2D eigenvalue weighted by Gasteiger charge is -2.15. The normalized spacial score (nSPS) is 17.4. The van der Waals surface area contributed by atoms with E-state index in [2.05, 4.69) is 10.1 Å². The maximum Gasteiger partial charge on any atom is 0.275 e. The van der Waals surface area contributed by atoms with Gasteiger partial charge in [0.15, 0.2) is 5.69 Å². The number of rotatable bonds is 3. The van der Waals surface area contributed by atoms with Crippen LogP contribution in [-0.4, -0.2) is 38.7 Å². The first-order valence-corrected chi connectivity index (χ1v) is 8.09. The molecule has 1 atom stereocenters. The Morgan fingerprint density at radius 3 is 2.96 bits per heavy atom. The Labute approximate surface area is 143 Å². The highest BCUT2D eigenvalue weighted by atomic mass is 35.5. The van der Waals surface area contributed by atoms with E-state index in [0.29, 0.717) is 35.3 Å². The number of halogens is 1. The molecule has 0 radical (unpaired) electrons. The molecule has 1 saturated heterocycles. The molecule has 1 fully saturated rings. The van der Waals surface area contributed by atoms with Gasteiger partial charge in [0.05, 0.1) is 16.6 Å². The first kappa shape index (κ1) is 15.0. The van der Waals surface area contributed by atoms with E-state index in [1.54, 1.807) is 17.2 Å². The lowest BCUT2D eigenvalue weighted by atomic mass is 10.2. The highest BCUT2D eigenvalue weighted by Crippen LogP contribution is 2.28. The summed E-state index contributed by atoms with van der Waals surface area (Å²) in [5.41, 5.74) is 0.972. The highest BCUT2D eigenvalue weighted by Gasteiger charge is 2.30. The number of nitrogens with zero attached hydrogens (tertiary/aromatic N) is 4. The van der Waals surface area contributed by atoms with Crippen molar-refractivity contribution in [2.24, 2.45) is 0 Å². The molecule has 24 heavy (non-hydrogen) atoms. The second-order valence-corrected chi connectivity index (χ2v) is 6.10. The minimum Gasteiger partial charge on any atom is -0.444 e. The number of oxazole rings is 1. The number of benzene rings is 1. The first-order chi connectivity index (χ1) is 11.7. The van der Waals surface area contributed by atoms with Gasteiger partial charge in [-0.05, 0) is 24.6 Å². The fraction of sp³-hybridized carbons (Fsp3) is 0.235. The van der Waals surface area contributed by atoms with Gasteiger partial charge in [-0.15, -0.1) is 0 Å². The average Bonchev–Trinajstić information content (AvgIpc) is 3.34. The van der Waals surface area contributed by atoms with Gasteiger partial charge < -0.3 is 9.32 Å². The molecule has 0 aliphatic carbocycles. The minimum absolute atomic E-state index is 0.133. The molecule has 0 spiro atoms. The van der Waals surface area contributed by atoms with Gasteiger partial charge in [0.25, 0.3) is 5.91 Å². The maximum atomic E-state index is 12.6. The number of carbonyl (C=O) groups is 1. The van der Waals surface area contributed by atoms with Crippen molar-refractivity contribution < 1.29 is 9.21 Å². The van der Waals surface area contributed by atoms with Crippen LogP contribution in [0.2, 0.25) is 5.02 Å². The van der Waals surface area contributed by atoms with E-state index in [0.717, 1.165) is 6.42 Å². The number of hydrogen-bond donors (Lipinski definition) is 0. The van der Waals surface area contributed by atoms with Crippen LogP contribution >= 0.6 is 11.6 Å². The fourth-order valence-corrected chi connectivity index (χ4v) is 3.15. The Kier molecular flexibility index (Phi) is 3.82. The molecule has 2 aromatic heterocycles. The van der Waals surface area contributed by atoms with Gasteiger partial charge in [-0.3, -0.25) is 9.48 Å². The molecule has 0 bridgehead atoms. The van der Waals surface area contributed by atoms with Crippen LogP contribution in [0, 0.1) is 0 Å². The molecule has 6 nitrogen and oxygen atoms in total. The number of likely N-dealkylation sites (tertiary alicyclic amines) is 1. The molecule has 1 unspecified atom stereocenters. The Balaban J connectivity index is 1.51. The fourth-order valence-electron chi connectivity index (χ4n) is 2.93. The quantitative estimate of drug-likeness (QED) is 0.732. The van der Waals surface area contributed by atoms with Crippen LogP contribution < -0.4 is 0 Å². The smallest absolute Gasteiger partial charge is 0.275 e.